The summed E-state index contributed by atoms with van der Waals surface area (Å²) in [5.74, 6) is -0.850. The van der Waals surface area contributed by atoms with Crippen molar-refractivity contribution in [1.29, 1.82) is 0 Å². The van der Waals surface area contributed by atoms with E-state index < -0.39 is 22.4 Å². The minimum atomic E-state index is -4.67. The summed E-state index contributed by atoms with van der Waals surface area (Å²) in [5, 5.41) is 20.5. The molecule has 0 saturated carbocycles. The van der Waals surface area contributed by atoms with E-state index in [2.05, 4.69) is 11.4 Å². The maximum atomic E-state index is 11.7. The predicted octanol–water partition coefficient (Wildman–Crippen LogP) is 3.71. The van der Waals surface area contributed by atoms with Crippen LogP contribution in [-0.2, 0) is 28.2 Å². The Morgan fingerprint density at radius 2 is 1.83 bits per heavy atom. The molecule has 2 heterocycles. The van der Waals surface area contributed by atoms with Gasteiger partial charge in [-0.05, 0) is 48.4 Å². The Hall–Kier alpha value is -1.53. The fourth-order valence-electron chi connectivity index (χ4n) is 2.67. The first-order chi connectivity index (χ1) is 13.9. The molecule has 0 bridgehead atoms. The third kappa shape index (κ3) is 9.52. The number of thiophene rings is 1. The zero-order valence-electron chi connectivity index (χ0n) is 16.6. The van der Waals surface area contributed by atoms with Crippen LogP contribution in [0.5, 0.6) is 0 Å². The molecule has 1 aliphatic rings. The summed E-state index contributed by atoms with van der Waals surface area (Å²) >= 11 is 7.92. The number of fused-ring (bicyclic) bond motifs is 1. The molecule has 0 saturated heterocycles. The number of carbonyl (C=O) groups is 1. The predicted molar refractivity (Wildman–Crippen MR) is 116 cm³/mol. The summed E-state index contributed by atoms with van der Waals surface area (Å²) in [6, 6.07) is 8.58. The van der Waals surface area contributed by atoms with Crippen LogP contribution in [0.2, 0.25) is 5.02 Å². The molecular formula is C19H26ClNO7S2. The SMILES string of the molecule is CCC(C)O.O=C(O)[C@H](c1ccccc1Cl)N1CCc2sccc2C1.O=S(=O)(O)O. The second-order valence-corrected chi connectivity index (χ2v) is 8.86. The van der Waals surface area contributed by atoms with Crippen molar-refractivity contribution in [1.82, 2.24) is 4.90 Å². The molecule has 11 heteroatoms. The highest BCUT2D eigenvalue weighted by atomic mass is 35.5. The zero-order chi connectivity index (χ0) is 22.9. The standard InChI is InChI=1S/C15H14ClNO2S.C4H10O.H2O4S/c16-12-4-2-1-3-11(12)14(15(18)19)17-7-5-13-10(9-17)6-8-20-13;1-3-4(2)5;1-5(2,3)4/h1-4,6,8,14H,5,7,9H2,(H,18,19);4-5H,3H2,1-2H3;(H2,1,2,3,4)/t14-;;/m0../s1. The van der Waals surface area contributed by atoms with Crippen molar-refractivity contribution in [3.8, 4) is 0 Å². The van der Waals surface area contributed by atoms with Crippen molar-refractivity contribution < 1.29 is 32.5 Å². The Morgan fingerprint density at radius 1 is 1.27 bits per heavy atom. The molecule has 1 aromatic carbocycles. The van der Waals surface area contributed by atoms with Gasteiger partial charge in [0, 0.05) is 23.0 Å². The number of carboxylic acids is 1. The maximum absolute atomic E-state index is 11.7. The molecule has 1 unspecified atom stereocenters. The highest BCUT2D eigenvalue weighted by Crippen LogP contribution is 2.33. The topological polar surface area (TPSA) is 135 Å². The van der Waals surface area contributed by atoms with E-state index >= 15 is 0 Å². The molecule has 30 heavy (non-hydrogen) atoms. The van der Waals surface area contributed by atoms with Crippen molar-refractivity contribution in [3.63, 3.8) is 0 Å². The second kappa shape index (κ2) is 12.4. The smallest absolute Gasteiger partial charge is 0.394 e. The number of aliphatic hydroxyl groups is 1. The van der Waals surface area contributed by atoms with Crippen molar-refractivity contribution in [2.75, 3.05) is 6.54 Å². The number of rotatable bonds is 4. The molecule has 1 aliphatic heterocycles. The molecule has 1 aromatic heterocycles. The van der Waals surface area contributed by atoms with Crippen LogP contribution in [0.4, 0.5) is 0 Å². The highest BCUT2D eigenvalue weighted by Gasteiger charge is 2.31. The van der Waals surface area contributed by atoms with Gasteiger partial charge < -0.3 is 10.2 Å². The molecule has 4 N–H and O–H groups in total. The van der Waals surface area contributed by atoms with Gasteiger partial charge in [0.25, 0.3) is 0 Å². The van der Waals surface area contributed by atoms with E-state index in [1.807, 2.05) is 24.0 Å². The lowest BCUT2D eigenvalue weighted by Gasteiger charge is -2.32. The number of benzene rings is 1. The van der Waals surface area contributed by atoms with Crippen molar-refractivity contribution in [2.24, 2.45) is 0 Å². The number of hydrogen-bond donors (Lipinski definition) is 4. The van der Waals surface area contributed by atoms with E-state index in [-0.39, 0.29) is 6.10 Å². The molecule has 0 aliphatic carbocycles. The maximum Gasteiger partial charge on any atom is 0.394 e. The van der Waals surface area contributed by atoms with Gasteiger partial charge >= 0.3 is 16.4 Å². The van der Waals surface area contributed by atoms with Crippen LogP contribution < -0.4 is 0 Å². The van der Waals surface area contributed by atoms with Gasteiger partial charge in [0.05, 0.1) is 6.10 Å². The van der Waals surface area contributed by atoms with Gasteiger partial charge in [-0.1, -0.05) is 36.7 Å². The third-order valence-electron chi connectivity index (χ3n) is 4.23. The average Bonchev–Trinajstić information content (AvgIpc) is 3.10. The first kappa shape index (κ1) is 26.5. The lowest BCUT2D eigenvalue weighted by Crippen LogP contribution is -2.37. The first-order valence-corrected chi connectivity index (χ1v) is 11.7. The Balaban J connectivity index is 0.000000378. The summed E-state index contributed by atoms with van der Waals surface area (Å²) in [7, 11) is -4.67. The first-order valence-electron chi connectivity index (χ1n) is 9.08. The van der Waals surface area contributed by atoms with Crippen molar-refractivity contribution in [2.45, 2.75) is 45.4 Å². The molecule has 2 aromatic rings. The van der Waals surface area contributed by atoms with Crippen molar-refractivity contribution in [3.05, 3.63) is 56.7 Å². The molecule has 0 fully saturated rings. The van der Waals surface area contributed by atoms with E-state index in [1.54, 1.807) is 30.4 Å². The van der Waals surface area contributed by atoms with Crippen LogP contribution in [0.3, 0.4) is 0 Å². The van der Waals surface area contributed by atoms with E-state index in [4.69, 9.17) is 34.2 Å². The van der Waals surface area contributed by atoms with Gasteiger partial charge in [0.2, 0.25) is 0 Å². The van der Waals surface area contributed by atoms with E-state index in [1.165, 1.54) is 10.4 Å². The molecule has 168 valence electrons. The Morgan fingerprint density at radius 3 is 2.33 bits per heavy atom. The van der Waals surface area contributed by atoms with Crippen LogP contribution in [-0.4, -0.2) is 51.3 Å². The van der Waals surface area contributed by atoms with Crippen LogP contribution in [0.25, 0.3) is 0 Å². The zero-order valence-corrected chi connectivity index (χ0v) is 19.0. The van der Waals surface area contributed by atoms with E-state index in [9.17, 15) is 9.90 Å². The molecular weight excluding hydrogens is 454 g/mol. The molecule has 3 rings (SSSR count). The van der Waals surface area contributed by atoms with Gasteiger partial charge in [-0.15, -0.1) is 11.3 Å². The lowest BCUT2D eigenvalue weighted by atomic mass is 10.0. The molecule has 2 atom stereocenters. The van der Waals surface area contributed by atoms with Gasteiger partial charge in [-0.2, -0.15) is 8.42 Å². The quantitative estimate of drug-likeness (QED) is 0.487. The summed E-state index contributed by atoms with van der Waals surface area (Å²) in [4.78, 5) is 15.1. The second-order valence-electron chi connectivity index (χ2n) is 6.56. The van der Waals surface area contributed by atoms with Crippen LogP contribution in [0, 0.1) is 0 Å². The molecule has 8 nitrogen and oxygen atoms in total. The number of aliphatic carboxylic acids is 1. The lowest BCUT2D eigenvalue weighted by molar-refractivity contribution is -0.144. The normalized spacial score (nSPS) is 15.5. The number of aliphatic hydroxyl groups excluding tert-OH is 1. The molecule has 0 spiro atoms. The van der Waals surface area contributed by atoms with Crippen molar-refractivity contribution >= 4 is 39.3 Å². The van der Waals surface area contributed by atoms with Crippen LogP contribution in [0.15, 0.2) is 35.7 Å². The van der Waals surface area contributed by atoms with Gasteiger partial charge in [-0.3, -0.25) is 18.8 Å². The number of nitrogens with zero attached hydrogens (tertiary/aromatic N) is 1. The number of halogens is 1. The largest absolute Gasteiger partial charge is 0.480 e. The monoisotopic (exact) mass is 479 g/mol. The number of hydrogen-bond acceptors (Lipinski definition) is 6. The molecule has 0 amide bonds. The highest BCUT2D eigenvalue weighted by molar-refractivity contribution is 7.79. The van der Waals surface area contributed by atoms with Gasteiger partial charge in [0.15, 0.2) is 0 Å². The Kier molecular flexibility index (Phi) is 10.9. The van der Waals surface area contributed by atoms with Gasteiger partial charge in [-0.25, -0.2) is 0 Å². The summed E-state index contributed by atoms with van der Waals surface area (Å²) in [6.07, 6.45) is 1.65. The molecule has 0 radical (unpaired) electrons. The fraction of sp³-hybridized carbons (Fsp3) is 0.421. The number of carboxylic acid groups (broad SMARTS) is 1. The minimum absolute atomic E-state index is 0.116. The average molecular weight is 480 g/mol. The summed E-state index contributed by atoms with van der Waals surface area (Å²) in [5.41, 5.74) is 1.90. The van der Waals surface area contributed by atoms with E-state index in [0.717, 1.165) is 19.4 Å². The summed E-state index contributed by atoms with van der Waals surface area (Å²) in [6.45, 7) is 5.14. The minimum Gasteiger partial charge on any atom is -0.480 e. The van der Waals surface area contributed by atoms with Crippen LogP contribution >= 0.6 is 22.9 Å². The fourth-order valence-corrected chi connectivity index (χ4v) is 3.80. The van der Waals surface area contributed by atoms with Crippen LogP contribution in [0.1, 0.15) is 42.3 Å². The van der Waals surface area contributed by atoms with E-state index in [0.29, 0.717) is 17.1 Å². The van der Waals surface area contributed by atoms with Gasteiger partial charge in [0.1, 0.15) is 6.04 Å². The Labute approximate surface area is 185 Å². The summed E-state index contributed by atoms with van der Waals surface area (Å²) < 4.78 is 31.6. The Bertz CT molecular complexity index is 907. The third-order valence-corrected chi connectivity index (χ3v) is 5.59.